The Kier molecular flexibility index (Phi) is 7.96. The third-order valence-electron chi connectivity index (χ3n) is 6.15. The molecule has 0 amide bonds. The summed E-state index contributed by atoms with van der Waals surface area (Å²) < 4.78 is 5.68. The Morgan fingerprint density at radius 1 is 1.10 bits per heavy atom. The SMILES string of the molecule is CN=C(NC1CCN(CCOC(C)C)CC1)NC1CC1c1ccc(C(C)C)cc1. The van der Waals surface area contributed by atoms with Gasteiger partial charge in [0, 0.05) is 44.7 Å². The minimum absolute atomic E-state index is 0.322. The number of guanidine groups is 1. The molecule has 1 aromatic carbocycles. The Hall–Kier alpha value is -1.59. The van der Waals surface area contributed by atoms with E-state index >= 15 is 0 Å². The maximum absolute atomic E-state index is 5.68. The summed E-state index contributed by atoms with van der Waals surface area (Å²) >= 11 is 0. The van der Waals surface area contributed by atoms with E-state index in [1.54, 1.807) is 0 Å². The van der Waals surface area contributed by atoms with Crippen LogP contribution in [-0.4, -0.2) is 62.3 Å². The molecule has 3 rings (SSSR count). The first-order valence-corrected chi connectivity index (χ1v) is 11.4. The van der Waals surface area contributed by atoms with Gasteiger partial charge in [0.05, 0.1) is 12.7 Å². The number of hydrogen-bond acceptors (Lipinski definition) is 3. The second kappa shape index (κ2) is 10.4. The zero-order valence-corrected chi connectivity index (χ0v) is 18.9. The van der Waals surface area contributed by atoms with Gasteiger partial charge in [-0.1, -0.05) is 38.1 Å². The third kappa shape index (κ3) is 6.71. The zero-order chi connectivity index (χ0) is 20.8. The van der Waals surface area contributed by atoms with E-state index in [1.165, 1.54) is 17.5 Å². The lowest BCUT2D eigenvalue weighted by molar-refractivity contribution is 0.0532. The van der Waals surface area contributed by atoms with Crippen molar-refractivity contribution in [1.29, 1.82) is 0 Å². The number of hydrogen-bond donors (Lipinski definition) is 2. The van der Waals surface area contributed by atoms with E-state index in [1.807, 2.05) is 7.05 Å². The molecule has 1 aliphatic carbocycles. The molecule has 1 heterocycles. The molecule has 0 spiro atoms. The molecule has 1 saturated carbocycles. The topological polar surface area (TPSA) is 48.9 Å². The van der Waals surface area contributed by atoms with Crippen LogP contribution in [0.15, 0.2) is 29.3 Å². The molecular weight excluding hydrogens is 360 g/mol. The summed E-state index contributed by atoms with van der Waals surface area (Å²) in [6.45, 7) is 12.8. The van der Waals surface area contributed by atoms with E-state index < -0.39 is 0 Å². The van der Waals surface area contributed by atoms with E-state index in [-0.39, 0.29) is 0 Å². The van der Waals surface area contributed by atoms with E-state index in [9.17, 15) is 0 Å². The van der Waals surface area contributed by atoms with E-state index in [4.69, 9.17) is 4.74 Å². The van der Waals surface area contributed by atoms with Crippen LogP contribution in [0.25, 0.3) is 0 Å². The first-order valence-electron chi connectivity index (χ1n) is 11.4. The van der Waals surface area contributed by atoms with Crippen molar-refractivity contribution < 1.29 is 4.74 Å². The number of nitrogens with one attached hydrogen (secondary N) is 2. The largest absolute Gasteiger partial charge is 0.377 e. The summed E-state index contributed by atoms with van der Waals surface area (Å²) in [6, 6.07) is 10.2. The maximum atomic E-state index is 5.68. The number of piperidine rings is 1. The predicted molar refractivity (Wildman–Crippen MR) is 122 cm³/mol. The number of ether oxygens (including phenoxy) is 1. The molecule has 162 valence electrons. The summed E-state index contributed by atoms with van der Waals surface area (Å²) in [5.41, 5.74) is 2.86. The van der Waals surface area contributed by atoms with E-state index in [0.717, 1.165) is 45.0 Å². The molecule has 0 radical (unpaired) electrons. The van der Waals surface area contributed by atoms with Crippen molar-refractivity contribution in [3.8, 4) is 0 Å². The Morgan fingerprint density at radius 3 is 2.38 bits per heavy atom. The number of benzene rings is 1. The van der Waals surface area contributed by atoms with Gasteiger partial charge in [-0.25, -0.2) is 0 Å². The highest BCUT2D eigenvalue weighted by atomic mass is 16.5. The lowest BCUT2D eigenvalue weighted by Gasteiger charge is -2.33. The molecule has 2 atom stereocenters. The van der Waals surface area contributed by atoms with E-state index in [0.29, 0.717) is 30.0 Å². The van der Waals surface area contributed by atoms with Crippen LogP contribution in [0.2, 0.25) is 0 Å². The maximum Gasteiger partial charge on any atom is 0.191 e. The van der Waals surface area contributed by atoms with Gasteiger partial charge >= 0.3 is 0 Å². The highest BCUT2D eigenvalue weighted by molar-refractivity contribution is 5.80. The quantitative estimate of drug-likeness (QED) is 0.516. The van der Waals surface area contributed by atoms with Gasteiger partial charge in [-0.05, 0) is 50.2 Å². The summed E-state index contributed by atoms with van der Waals surface area (Å²) in [5, 5.41) is 7.29. The predicted octanol–water partition coefficient (Wildman–Crippen LogP) is 3.72. The van der Waals surface area contributed by atoms with E-state index in [2.05, 4.69) is 72.5 Å². The van der Waals surface area contributed by atoms with Crippen molar-refractivity contribution in [3.05, 3.63) is 35.4 Å². The summed E-state index contributed by atoms with van der Waals surface area (Å²) in [6.07, 6.45) is 3.83. The van der Waals surface area contributed by atoms with Gasteiger partial charge < -0.3 is 20.3 Å². The Morgan fingerprint density at radius 2 is 1.79 bits per heavy atom. The molecule has 0 aromatic heterocycles. The Labute approximate surface area is 177 Å². The van der Waals surface area contributed by atoms with Gasteiger partial charge in [0.15, 0.2) is 5.96 Å². The second-order valence-electron chi connectivity index (χ2n) is 9.17. The molecule has 2 fully saturated rings. The lowest BCUT2D eigenvalue weighted by Crippen LogP contribution is -2.49. The highest BCUT2D eigenvalue weighted by Gasteiger charge is 2.39. The van der Waals surface area contributed by atoms with Gasteiger partial charge in [-0.15, -0.1) is 0 Å². The van der Waals surface area contributed by atoms with Crippen LogP contribution in [0, 0.1) is 0 Å². The van der Waals surface area contributed by atoms with Crippen LogP contribution in [0.5, 0.6) is 0 Å². The molecule has 1 aromatic rings. The van der Waals surface area contributed by atoms with Crippen LogP contribution in [0.4, 0.5) is 0 Å². The van der Waals surface area contributed by atoms with Gasteiger partial charge in [-0.2, -0.15) is 0 Å². The van der Waals surface area contributed by atoms with Crippen molar-refractivity contribution in [2.75, 3.05) is 33.3 Å². The van der Waals surface area contributed by atoms with Gasteiger partial charge in [0.1, 0.15) is 0 Å². The molecule has 2 aliphatic rings. The minimum Gasteiger partial charge on any atom is -0.377 e. The number of rotatable bonds is 8. The molecule has 1 saturated heterocycles. The van der Waals surface area contributed by atoms with Crippen molar-refractivity contribution in [2.45, 2.75) is 77.0 Å². The van der Waals surface area contributed by atoms with Crippen LogP contribution in [0.3, 0.4) is 0 Å². The standard InChI is InChI=1S/C24H40N4O/c1-17(2)19-6-8-20(9-7-19)22-16-23(22)27-24(25-5)26-21-10-12-28(13-11-21)14-15-29-18(3)4/h6-9,17-18,21-23H,10-16H2,1-5H3,(H2,25,26,27). The average molecular weight is 401 g/mol. The first kappa shape index (κ1) is 22.1. The molecule has 29 heavy (non-hydrogen) atoms. The van der Waals surface area contributed by atoms with Crippen LogP contribution < -0.4 is 10.6 Å². The van der Waals surface area contributed by atoms with Crippen molar-refractivity contribution >= 4 is 5.96 Å². The normalized spacial score (nSPS) is 23.6. The van der Waals surface area contributed by atoms with Gasteiger partial charge in [-0.3, -0.25) is 4.99 Å². The second-order valence-corrected chi connectivity index (χ2v) is 9.17. The monoisotopic (exact) mass is 400 g/mol. The van der Waals surface area contributed by atoms with Crippen molar-refractivity contribution in [1.82, 2.24) is 15.5 Å². The zero-order valence-electron chi connectivity index (χ0n) is 18.9. The molecule has 1 aliphatic heterocycles. The highest BCUT2D eigenvalue weighted by Crippen LogP contribution is 2.41. The summed E-state index contributed by atoms with van der Waals surface area (Å²) in [5.74, 6) is 2.16. The molecular formula is C24H40N4O. The van der Waals surface area contributed by atoms with Crippen molar-refractivity contribution in [3.63, 3.8) is 0 Å². The third-order valence-corrected chi connectivity index (χ3v) is 6.15. The fourth-order valence-corrected chi connectivity index (χ4v) is 4.11. The molecule has 5 nitrogen and oxygen atoms in total. The summed E-state index contributed by atoms with van der Waals surface area (Å²) in [7, 11) is 1.88. The molecule has 2 unspecified atom stereocenters. The minimum atomic E-state index is 0.322. The average Bonchev–Trinajstić information content (AvgIpc) is 3.47. The molecule has 2 N–H and O–H groups in total. The first-order chi connectivity index (χ1) is 14.0. The van der Waals surface area contributed by atoms with Gasteiger partial charge in [0.25, 0.3) is 0 Å². The molecule has 5 heteroatoms. The van der Waals surface area contributed by atoms with Gasteiger partial charge in [0.2, 0.25) is 0 Å². The fourth-order valence-electron chi connectivity index (χ4n) is 4.11. The Balaban J connectivity index is 1.38. The number of nitrogens with zero attached hydrogens (tertiary/aromatic N) is 2. The smallest absolute Gasteiger partial charge is 0.191 e. The van der Waals surface area contributed by atoms with Crippen molar-refractivity contribution in [2.24, 2.45) is 4.99 Å². The summed E-state index contributed by atoms with van der Waals surface area (Å²) in [4.78, 5) is 6.98. The van der Waals surface area contributed by atoms with Crippen LogP contribution in [0.1, 0.15) is 69.9 Å². The van der Waals surface area contributed by atoms with Crippen LogP contribution >= 0.6 is 0 Å². The lowest BCUT2D eigenvalue weighted by atomic mass is 10.0. The number of likely N-dealkylation sites (tertiary alicyclic amines) is 1. The van der Waals surface area contributed by atoms with Crippen LogP contribution in [-0.2, 0) is 4.74 Å². The number of aliphatic imine (C=N–C) groups is 1. The molecule has 0 bridgehead atoms. The fraction of sp³-hybridized carbons (Fsp3) is 0.708. The Bertz CT molecular complexity index is 647.